The van der Waals surface area contributed by atoms with Gasteiger partial charge in [-0.2, -0.15) is 0 Å². The van der Waals surface area contributed by atoms with E-state index in [9.17, 15) is 19.0 Å². The molecule has 0 radical (unpaired) electrons. The SMILES string of the molecule is CCCC/C=C\CCCCCCCC(=O)OC(COC(=O)CCCCCC/C=C\C/C=C\C/C=C\CCCCC)COP(=O)(O)OCCNC. The van der Waals surface area contributed by atoms with E-state index in [1.54, 1.807) is 7.05 Å². The zero-order valence-electron chi connectivity index (χ0n) is 31.8. The van der Waals surface area contributed by atoms with Crippen LogP contribution in [0.4, 0.5) is 0 Å². The number of rotatable bonds is 36. The lowest BCUT2D eigenvalue weighted by Crippen LogP contribution is -2.29. The second kappa shape index (κ2) is 36.8. The maximum Gasteiger partial charge on any atom is 0.472 e. The summed E-state index contributed by atoms with van der Waals surface area (Å²) in [5.41, 5.74) is 0. The molecule has 0 aromatic rings. The molecule has 0 aromatic carbocycles. The first-order valence-electron chi connectivity index (χ1n) is 19.6. The highest BCUT2D eigenvalue weighted by Gasteiger charge is 2.26. The summed E-state index contributed by atoms with van der Waals surface area (Å²) in [4.78, 5) is 34.9. The van der Waals surface area contributed by atoms with E-state index in [0.717, 1.165) is 77.0 Å². The third-order valence-corrected chi connectivity index (χ3v) is 8.91. The zero-order valence-corrected chi connectivity index (χ0v) is 32.7. The molecule has 0 aliphatic carbocycles. The molecular formula is C40H72NO8P. The van der Waals surface area contributed by atoms with Gasteiger partial charge in [-0.05, 0) is 77.7 Å². The van der Waals surface area contributed by atoms with Gasteiger partial charge in [0.25, 0.3) is 0 Å². The number of hydrogen-bond donors (Lipinski definition) is 2. The molecule has 0 bridgehead atoms. The Kier molecular flexibility index (Phi) is 35.3. The molecular weight excluding hydrogens is 653 g/mol. The molecule has 0 aliphatic rings. The number of phosphoric ester groups is 1. The van der Waals surface area contributed by atoms with Gasteiger partial charge in [-0.15, -0.1) is 0 Å². The number of likely N-dealkylation sites (N-methyl/N-ethyl adjacent to an activating group) is 1. The minimum absolute atomic E-state index is 0.0240. The molecule has 2 N–H and O–H groups in total. The fourth-order valence-electron chi connectivity index (χ4n) is 4.89. The summed E-state index contributed by atoms with van der Waals surface area (Å²) in [6.45, 7) is 4.10. The summed E-state index contributed by atoms with van der Waals surface area (Å²) in [6.07, 6.45) is 38.7. The first-order valence-corrected chi connectivity index (χ1v) is 21.1. The molecule has 0 heterocycles. The van der Waals surface area contributed by atoms with Crippen LogP contribution in [0.25, 0.3) is 0 Å². The standard InChI is InChI=1S/C40H72NO8P/c1-4-6-8-10-12-14-16-17-18-19-20-21-23-24-26-28-30-32-39(42)46-36-38(37-48-50(44,45)47-35-34-41-3)49-40(43)33-31-29-27-25-22-15-13-11-9-7-5-2/h11-14,17-18,20-21,38,41H,4-10,15-16,19,22-37H2,1-3H3,(H,44,45)/b13-11-,14-12-,18-17-,21-20-. The molecule has 0 aliphatic heterocycles. The molecule has 0 saturated heterocycles. The maximum absolute atomic E-state index is 12.5. The first kappa shape index (κ1) is 48.0. The number of carbonyl (C=O) groups is 2. The lowest BCUT2D eigenvalue weighted by atomic mass is 10.1. The molecule has 9 nitrogen and oxygen atoms in total. The van der Waals surface area contributed by atoms with Gasteiger partial charge in [0.1, 0.15) is 6.61 Å². The van der Waals surface area contributed by atoms with Gasteiger partial charge in [0.15, 0.2) is 6.10 Å². The minimum atomic E-state index is -4.35. The number of esters is 2. The van der Waals surface area contributed by atoms with Crippen molar-refractivity contribution in [3.63, 3.8) is 0 Å². The van der Waals surface area contributed by atoms with Crippen LogP contribution in [-0.2, 0) is 32.7 Å². The van der Waals surface area contributed by atoms with Gasteiger partial charge in [0, 0.05) is 19.4 Å². The van der Waals surface area contributed by atoms with Crippen LogP contribution in [0.5, 0.6) is 0 Å². The quantitative estimate of drug-likeness (QED) is 0.0281. The summed E-state index contributed by atoms with van der Waals surface area (Å²) in [7, 11) is -2.66. The van der Waals surface area contributed by atoms with Crippen LogP contribution in [0.2, 0.25) is 0 Å². The number of allylic oxidation sites excluding steroid dienone is 8. The molecule has 290 valence electrons. The number of hydrogen-bond acceptors (Lipinski definition) is 8. The normalized spacial score (nSPS) is 13.9. The number of ether oxygens (including phenoxy) is 2. The fraction of sp³-hybridized carbons (Fsp3) is 0.750. The Morgan fingerprint density at radius 3 is 1.68 bits per heavy atom. The van der Waals surface area contributed by atoms with Crippen molar-refractivity contribution in [2.24, 2.45) is 0 Å². The molecule has 10 heteroatoms. The predicted octanol–water partition coefficient (Wildman–Crippen LogP) is 10.6. The van der Waals surface area contributed by atoms with E-state index in [2.05, 4.69) is 67.8 Å². The van der Waals surface area contributed by atoms with Crippen molar-refractivity contribution in [1.82, 2.24) is 5.32 Å². The first-order chi connectivity index (χ1) is 24.3. The topological polar surface area (TPSA) is 120 Å². The van der Waals surface area contributed by atoms with Crippen molar-refractivity contribution in [1.29, 1.82) is 0 Å². The maximum atomic E-state index is 12.5. The highest BCUT2D eigenvalue weighted by atomic mass is 31.2. The molecule has 0 spiro atoms. The van der Waals surface area contributed by atoms with E-state index in [-0.39, 0.29) is 26.1 Å². The van der Waals surface area contributed by atoms with E-state index in [0.29, 0.717) is 19.4 Å². The number of nitrogens with one attached hydrogen (secondary N) is 1. The molecule has 0 fully saturated rings. The summed E-state index contributed by atoms with van der Waals surface area (Å²) in [5, 5.41) is 2.81. The third kappa shape index (κ3) is 35.8. The average Bonchev–Trinajstić information content (AvgIpc) is 3.09. The van der Waals surface area contributed by atoms with Crippen LogP contribution in [0.15, 0.2) is 48.6 Å². The summed E-state index contributed by atoms with van der Waals surface area (Å²) >= 11 is 0. The van der Waals surface area contributed by atoms with Crippen LogP contribution in [0.1, 0.15) is 155 Å². The largest absolute Gasteiger partial charge is 0.472 e. The van der Waals surface area contributed by atoms with Gasteiger partial charge in [-0.25, -0.2) is 4.57 Å². The highest BCUT2D eigenvalue weighted by Crippen LogP contribution is 2.43. The molecule has 2 atom stereocenters. The summed E-state index contributed by atoms with van der Waals surface area (Å²) in [5.74, 6) is -0.848. The van der Waals surface area contributed by atoms with Gasteiger partial charge in [0.2, 0.25) is 0 Å². The van der Waals surface area contributed by atoms with E-state index in [4.69, 9.17) is 18.5 Å². The average molecular weight is 726 g/mol. The zero-order chi connectivity index (χ0) is 36.8. The van der Waals surface area contributed by atoms with Gasteiger partial charge in [0.05, 0.1) is 13.2 Å². The Bertz CT molecular complexity index is 965. The van der Waals surface area contributed by atoms with E-state index < -0.39 is 32.5 Å². The Morgan fingerprint density at radius 1 is 0.620 bits per heavy atom. The third-order valence-electron chi connectivity index (χ3n) is 7.92. The Morgan fingerprint density at radius 2 is 1.10 bits per heavy atom. The Hall–Kier alpha value is -2.03. The minimum Gasteiger partial charge on any atom is -0.462 e. The smallest absolute Gasteiger partial charge is 0.462 e. The molecule has 2 unspecified atom stereocenters. The van der Waals surface area contributed by atoms with Gasteiger partial charge in [-0.1, -0.05) is 120 Å². The number of unbranched alkanes of at least 4 members (excludes halogenated alkanes) is 14. The van der Waals surface area contributed by atoms with Crippen molar-refractivity contribution in [3.05, 3.63) is 48.6 Å². The van der Waals surface area contributed by atoms with Crippen LogP contribution in [0, 0.1) is 0 Å². The van der Waals surface area contributed by atoms with Crippen LogP contribution >= 0.6 is 7.82 Å². The van der Waals surface area contributed by atoms with E-state index in [1.165, 1.54) is 38.5 Å². The van der Waals surface area contributed by atoms with Crippen LogP contribution in [-0.4, -0.2) is 56.3 Å². The van der Waals surface area contributed by atoms with Crippen molar-refractivity contribution in [2.75, 3.05) is 33.4 Å². The fourth-order valence-corrected chi connectivity index (χ4v) is 5.64. The van der Waals surface area contributed by atoms with Crippen LogP contribution in [0.3, 0.4) is 0 Å². The molecule has 0 rings (SSSR count). The molecule has 0 amide bonds. The van der Waals surface area contributed by atoms with Gasteiger partial charge < -0.3 is 19.7 Å². The molecule has 0 aromatic heterocycles. The van der Waals surface area contributed by atoms with E-state index >= 15 is 0 Å². The highest BCUT2D eigenvalue weighted by molar-refractivity contribution is 7.47. The van der Waals surface area contributed by atoms with E-state index in [1.807, 2.05) is 0 Å². The monoisotopic (exact) mass is 725 g/mol. The van der Waals surface area contributed by atoms with Gasteiger partial charge >= 0.3 is 19.8 Å². The van der Waals surface area contributed by atoms with Gasteiger partial charge in [-0.3, -0.25) is 18.6 Å². The summed E-state index contributed by atoms with van der Waals surface area (Å²) < 4.78 is 33.0. The van der Waals surface area contributed by atoms with Crippen molar-refractivity contribution < 1.29 is 37.6 Å². The lowest BCUT2D eigenvalue weighted by molar-refractivity contribution is -0.161. The van der Waals surface area contributed by atoms with Crippen LogP contribution < -0.4 is 5.32 Å². The Balaban J connectivity index is 4.32. The Labute approximate surface area is 305 Å². The van der Waals surface area contributed by atoms with Crippen molar-refractivity contribution >= 4 is 19.8 Å². The second-order valence-corrected chi connectivity index (χ2v) is 14.2. The molecule has 50 heavy (non-hydrogen) atoms. The second-order valence-electron chi connectivity index (χ2n) is 12.8. The number of carbonyl (C=O) groups excluding carboxylic acids is 2. The lowest BCUT2D eigenvalue weighted by Gasteiger charge is -2.20. The number of phosphoric acid groups is 1. The molecule has 0 saturated carbocycles. The van der Waals surface area contributed by atoms with Crippen molar-refractivity contribution in [2.45, 2.75) is 161 Å². The van der Waals surface area contributed by atoms with Crippen molar-refractivity contribution in [3.8, 4) is 0 Å². The predicted molar refractivity (Wildman–Crippen MR) is 206 cm³/mol. The summed E-state index contributed by atoms with van der Waals surface area (Å²) in [6, 6.07) is 0.